The lowest BCUT2D eigenvalue weighted by Gasteiger charge is -2.08. The minimum atomic E-state index is 0.732. The van der Waals surface area contributed by atoms with Crippen LogP contribution in [0.5, 0.6) is 0 Å². The van der Waals surface area contributed by atoms with Crippen LogP contribution in [-0.4, -0.2) is 15.0 Å². The molecule has 0 aliphatic carbocycles. The Morgan fingerprint density at radius 2 is 2.32 bits per heavy atom. The first-order valence-corrected chi connectivity index (χ1v) is 6.98. The van der Waals surface area contributed by atoms with E-state index < -0.39 is 0 Å². The molecule has 4 nitrogen and oxygen atoms in total. The number of H-pyrrole nitrogens is 1. The Labute approximate surface area is 115 Å². The van der Waals surface area contributed by atoms with Crippen LogP contribution >= 0.6 is 11.3 Å². The zero-order chi connectivity index (χ0) is 13.1. The van der Waals surface area contributed by atoms with Crippen LogP contribution in [0, 0.1) is 6.92 Å². The molecule has 0 bridgehead atoms. The van der Waals surface area contributed by atoms with Gasteiger partial charge >= 0.3 is 0 Å². The number of hydrogen-bond acceptors (Lipinski definition) is 4. The van der Waals surface area contributed by atoms with E-state index in [2.05, 4.69) is 44.0 Å². The number of aromatic amines is 1. The predicted octanol–water partition coefficient (Wildman–Crippen LogP) is 3.45. The maximum absolute atomic E-state index is 4.47. The molecule has 96 valence electrons. The molecule has 5 heteroatoms. The van der Waals surface area contributed by atoms with Crippen molar-refractivity contribution >= 4 is 17.0 Å². The zero-order valence-electron chi connectivity index (χ0n) is 10.6. The van der Waals surface area contributed by atoms with Crippen molar-refractivity contribution in [1.29, 1.82) is 0 Å². The lowest BCUT2D eigenvalue weighted by Crippen LogP contribution is -2.00. The second kappa shape index (κ2) is 5.24. The van der Waals surface area contributed by atoms with Crippen LogP contribution in [0.1, 0.15) is 11.3 Å². The lowest BCUT2D eigenvalue weighted by atomic mass is 10.1. The number of aromatic nitrogens is 3. The fourth-order valence-electron chi connectivity index (χ4n) is 1.96. The third-order valence-electron chi connectivity index (χ3n) is 2.95. The van der Waals surface area contributed by atoms with Crippen molar-refractivity contribution < 1.29 is 0 Å². The lowest BCUT2D eigenvalue weighted by molar-refractivity contribution is 1.08. The number of anilines is 1. The summed E-state index contributed by atoms with van der Waals surface area (Å²) in [5, 5.41) is 7.66. The Morgan fingerprint density at radius 3 is 3.11 bits per heavy atom. The molecule has 3 aromatic heterocycles. The highest BCUT2D eigenvalue weighted by molar-refractivity contribution is 7.08. The average molecular weight is 270 g/mol. The summed E-state index contributed by atoms with van der Waals surface area (Å²) in [5.74, 6) is 0. The molecule has 0 fully saturated rings. The fourth-order valence-corrected chi connectivity index (χ4v) is 2.75. The molecule has 2 N–H and O–H groups in total. The van der Waals surface area contributed by atoms with Crippen molar-refractivity contribution in [3.63, 3.8) is 0 Å². The molecule has 19 heavy (non-hydrogen) atoms. The first-order chi connectivity index (χ1) is 9.34. The van der Waals surface area contributed by atoms with Crippen LogP contribution in [0.3, 0.4) is 0 Å². The van der Waals surface area contributed by atoms with Crippen LogP contribution in [0.4, 0.5) is 5.69 Å². The Morgan fingerprint density at radius 1 is 1.37 bits per heavy atom. The second-order valence-electron chi connectivity index (χ2n) is 4.30. The number of rotatable bonds is 4. The van der Waals surface area contributed by atoms with Gasteiger partial charge in [0, 0.05) is 28.7 Å². The van der Waals surface area contributed by atoms with Crippen LogP contribution in [-0.2, 0) is 6.54 Å². The van der Waals surface area contributed by atoms with Crippen LogP contribution in [0.25, 0.3) is 11.3 Å². The number of nitrogens with zero attached hydrogens (tertiary/aromatic N) is 2. The van der Waals surface area contributed by atoms with Gasteiger partial charge < -0.3 is 10.3 Å². The molecule has 0 aliphatic rings. The summed E-state index contributed by atoms with van der Waals surface area (Å²) in [6.07, 6.45) is 5.35. The Kier molecular flexibility index (Phi) is 3.29. The van der Waals surface area contributed by atoms with Crippen molar-refractivity contribution in [3.05, 3.63) is 52.9 Å². The van der Waals surface area contributed by atoms with Gasteiger partial charge in [0.25, 0.3) is 0 Å². The van der Waals surface area contributed by atoms with Gasteiger partial charge in [-0.15, -0.1) is 11.3 Å². The maximum Gasteiger partial charge on any atom is 0.0922 e. The topological polar surface area (TPSA) is 53.6 Å². The van der Waals surface area contributed by atoms with E-state index in [0.717, 1.165) is 29.2 Å². The van der Waals surface area contributed by atoms with Gasteiger partial charge in [-0.05, 0) is 18.6 Å². The summed E-state index contributed by atoms with van der Waals surface area (Å²) < 4.78 is 0. The van der Waals surface area contributed by atoms with Gasteiger partial charge in [-0.25, -0.2) is 4.98 Å². The highest BCUT2D eigenvalue weighted by atomic mass is 32.1. The maximum atomic E-state index is 4.47. The number of pyridine rings is 1. The minimum absolute atomic E-state index is 0.732. The molecular weight excluding hydrogens is 256 g/mol. The monoisotopic (exact) mass is 270 g/mol. The third-order valence-corrected chi connectivity index (χ3v) is 3.69. The van der Waals surface area contributed by atoms with E-state index in [1.807, 2.05) is 18.5 Å². The van der Waals surface area contributed by atoms with Gasteiger partial charge in [-0.1, -0.05) is 6.07 Å². The van der Waals surface area contributed by atoms with Crippen molar-refractivity contribution in [2.45, 2.75) is 13.5 Å². The molecule has 0 saturated carbocycles. The first-order valence-electron chi connectivity index (χ1n) is 6.04. The summed E-state index contributed by atoms with van der Waals surface area (Å²) in [6.45, 7) is 2.81. The van der Waals surface area contributed by atoms with E-state index in [1.54, 1.807) is 17.7 Å². The molecule has 0 radical (unpaired) electrons. The van der Waals surface area contributed by atoms with Crippen LogP contribution < -0.4 is 5.32 Å². The van der Waals surface area contributed by atoms with E-state index in [9.17, 15) is 0 Å². The van der Waals surface area contributed by atoms with E-state index in [0.29, 0.717) is 0 Å². The van der Waals surface area contributed by atoms with E-state index in [-0.39, 0.29) is 0 Å². The van der Waals surface area contributed by atoms with Gasteiger partial charge in [0.15, 0.2) is 0 Å². The number of imidazole rings is 1. The Balaban J connectivity index is 1.84. The second-order valence-corrected chi connectivity index (χ2v) is 5.04. The molecular formula is C14H14N4S. The average Bonchev–Trinajstić information content (AvgIpc) is 3.08. The molecule has 0 spiro atoms. The molecule has 0 saturated heterocycles. The number of thiophene rings is 1. The number of aryl methyl sites for hydroxylation is 1. The highest BCUT2D eigenvalue weighted by Crippen LogP contribution is 2.32. The Bertz CT molecular complexity index is 658. The summed E-state index contributed by atoms with van der Waals surface area (Å²) >= 11 is 1.68. The molecule has 0 aliphatic heterocycles. The highest BCUT2D eigenvalue weighted by Gasteiger charge is 2.09. The van der Waals surface area contributed by atoms with Gasteiger partial charge in [-0.3, -0.25) is 4.98 Å². The molecule has 3 rings (SSSR count). The SMILES string of the molecule is Cc1cccnc1-c1cscc1NCc1cnc[nH]1. The summed E-state index contributed by atoms with van der Waals surface area (Å²) in [6, 6.07) is 4.04. The Hall–Kier alpha value is -2.14. The molecule has 0 amide bonds. The van der Waals surface area contributed by atoms with E-state index in [1.165, 1.54) is 5.56 Å². The minimum Gasteiger partial charge on any atom is -0.378 e. The van der Waals surface area contributed by atoms with Gasteiger partial charge in [0.1, 0.15) is 0 Å². The summed E-state index contributed by atoms with van der Waals surface area (Å²) in [4.78, 5) is 11.6. The van der Waals surface area contributed by atoms with Gasteiger partial charge in [0.2, 0.25) is 0 Å². The van der Waals surface area contributed by atoms with Crippen molar-refractivity contribution in [1.82, 2.24) is 15.0 Å². The molecule has 0 unspecified atom stereocenters. The summed E-state index contributed by atoms with van der Waals surface area (Å²) in [5.41, 5.74) is 5.56. The third kappa shape index (κ3) is 2.51. The molecule has 0 atom stereocenters. The normalized spacial score (nSPS) is 10.6. The van der Waals surface area contributed by atoms with E-state index >= 15 is 0 Å². The quantitative estimate of drug-likeness (QED) is 0.763. The fraction of sp³-hybridized carbons (Fsp3) is 0.143. The first kappa shape index (κ1) is 11.9. The van der Waals surface area contributed by atoms with Crippen molar-refractivity contribution in [3.8, 4) is 11.3 Å². The van der Waals surface area contributed by atoms with E-state index in [4.69, 9.17) is 0 Å². The van der Waals surface area contributed by atoms with Gasteiger partial charge in [-0.2, -0.15) is 0 Å². The van der Waals surface area contributed by atoms with Crippen LogP contribution in [0.15, 0.2) is 41.6 Å². The predicted molar refractivity (Wildman–Crippen MR) is 78.2 cm³/mol. The van der Waals surface area contributed by atoms with Crippen molar-refractivity contribution in [2.24, 2.45) is 0 Å². The number of hydrogen-bond donors (Lipinski definition) is 2. The summed E-state index contributed by atoms with van der Waals surface area (Å²) in [7, 11) is 0. The molecule has 3 heterocycles. The molecule has 3 aromatic rings. The zero-order valence-corrected chi connectivity index (χ0v) is 11.4. The van der Waals surface area contributed by atoms with Crippen LogP contribution in [0.2, 0.25) is 0 Å². The smallest absolute Gasteiger partial charge is 0.0922 e. The largest absolute Gasteiger partial charge is 0.378 e. The van der Waals surface area contributed by atoms with Crippen molar-refractivity contribution in [2.75, 3.05) is 5.32 Å². The standard InChI is InChI=1S/C14H14N4S/c1-10-3-2-4-16-14(10)12-7-19-8-13(12)17-6-11-5-15-9-18-11/h2-5,7-9,17H,6H2,1H3,(H,15,18). The molecule has 0 aromatic carbocycles. The number of nitrogens with one attached hydrogen (secondary N) is 2. The van der Waals surface area contributed by atoms with Gasteiger partial charge in [0.05, 0.1) is 29.9 Å².